The van der Waals surface area contributed by atoms with Crippen molar-refractivity contribution in [2.24, 2.45) is 0 Å². The summed E-state index contributed by atoms with van der Waals surface area (Å²) in [7, 11) is 0. The summed E-state index contributed by atoms with van der Waals surface area (Å²) < 4.78 is 44.2. The maximum atomic E-state index is 13.0. The number of carbonyl (C=O) groups is 1. The molecule has 0 saturated carbocycles. The van der Waals surface area contributed by atoms with Crippen LogP contribution in [0.1, 0.15) is 21.5 Å². The van der Waals surface area contributed by atoms with Crippen LogP contribution in [-0.2, 0) is 12.7 Å². The first-order chi connectivity index (χ1) is 11.4. The van der Waals surface area contributed by atoms with Gasteiger partial charge in [-0.1, -0.05) is 30.3 Å². The van der Waals surface area contributed by atoms with Gasteiger partial charge in [-0.15, -0.1) is 0 Å². The van der Waals surface area contributed by atoms with Crippen LogP contribution in [0.2, 0.25) is 0 Å². The molecular formula is C17H16F3NO3. The molecule has 2 N–H and O–H groups in total. The van der Waals surface area contributed by atoms with Gasteiger partial charge in [0.25, 0.3) is 5.91 Å². The van der Waals surface area contributed by atoms with Crippen molar-refractivity contribution >= 4 is 5.91 Å². The first-order valence-electron chi connectivity index (χ1n) is 7.19. The standard InChI is InChI=1S/C17H16F3NO3/c18-17(19,20)14-7-3-2-6-13(14)16(23)21-11-12-5-1-4-8-15(12)24-10-9-22/h1-8,22H,9-11H2,(H,21,23). The van der Waals surface area contributed by atoms with Crippen LogP contribution in [0.15, 0.2) is 48.5 Å². The Labute approximate surface area is 136 Å². The second kappa shape index (κ2) is 7.83. The molecule has 4 nitrogen and oxygen atoms in total. The Kier molecular flexibility index (Phi) is 5.81. The lowest BCUT2D eigenvalue weighted by Crippen LogP contribution is -2.26. The van der Waals surface area contributed by atoms with Crippen LogP contribution in [0, 0.1) is 0 Å². The van der Waals surface area contributed by atoms with E-state index in [-0.39, 0.29) is 19.8 Å². The number of nitrogens with one attached hydrogen (secondary N) is 1. The van der Waals surface area contributed by atoms with Crippen LogP contribution in [0.25, 0.3) is 0 Å². The second-order valence-corrected chi connectivity index (χ2v) is 4.91. The smallest absolute Gasteiger partial charge is 0.417 e. The van der Waals surface area contributed by atoms with E-state index in [9.17, 15) is 18.0 Å². The zero-order chi connectivity index (χ0) is 17.6. The maximum Gasteiger partial charge on any atom is 0.417 e. The lowest BCUT2D eigenvalue weighted by atomic mass is 10.1. The average Bonchev–Trinajstić information content (AvgIpc) is 2.57. The van der Waals surface area contributed by atoms with Crippen molar-refractivity contribution in [2.45, 2.75) is 12.7 Å². The highest BCUT2D eigenvalue weighted by atomic mass is 19.4. The summed E-state index contributed by atoms with van der Waals surface area (Å²) >= 11 is 0. The predicted octanol–water partition coefficient (Wildman–Crippen LogP) is 3.01. The van der Waals surface area contributed by atoms with Crippen molar-refractivity contribution in [1.82, 2.24) is 5.32 Å². The van der Waals surface area contributed by atoms with Crippen molar-refractivity contribution in [3.63, 3.8) is 0 Å². The third-order valence-electron chi connectivity index (χ3n) is 3.24. The van der Waals surface area contributed by atoms with Crippen LogP contribution in [-0.4, -0.2) is 24.2 Å². The minimum Gasteiger partial charge on any atom is -0.491 e. The van der Waals surface area contributed by atoms with E-state index in [0.29, 0.717) is 11.3 Å². The average molecular weight is 339 g/mol. The van der Waals surface area contributed by atoms with Crippen molar-refractivity contribution in [3.05, 3.63) is 65.2 Å². The Morgan fingerprint density at radius 1 is 1.08 bits per heavy atom. The van der Waals surface area contributed by atoms with Crippen LogP contribution < -0.4 is 10.1 Å². The number of hydrogen-bond donors (Lipinski definition) is 2. The van der Waals surface area contributed by atoms with E-state index in [0.717, 1.165) is 12.1 Å². The van der Waals surface area contributed by atoms with Gasteiger partial charge in [-0.2, -0.15) is 13.2 Å². The van der Waals surface area contributed by atoms with Gasteiger partial charge in [0.05, 0.1) is 17.7 Å². The zero-order valence-electron chi connectivity index (χ0n) is 12.6. The summed E-state index contributed by atoms with van der Waals surface area (Å²) in [4.78, 5) is 12.1. The first-order valence-corrected chi connectivity index (χ1v) is 7.19. The minimum atomic E-state index is -4.60. The molecular weight excluding hydrogens is 323 g/mol. The van der Waals surface area contributed by atoms with E-state index >= 15 is 0 Å². The van der Waals surface area contributed by atoms with E-state index in [4.69, 9.17) is 9.84 Å². The molecule has 2 aromatic rings. The molecule has 2 rings (SSSR count). The van der Waals surface area contributed by atoms with Crippen molar-refractivity contribution in [3.8, 4) is 5.75 Å². The predicted molar refractivity (Wildman–Crippen MR) is 81.6 cm³/mol. The van der Waals surface area contributed by atoms with Gasteiger partial charge in [0, 0.05) is 12.1 Å². The molecule has 0 unspecified atom stereocenters. The number of aliphatic hydroxyl groups excluding tert-OH is 1. The molecule has 0 aliphatic heterocycles. The summed E-state index contributed by atoms with van der Waals surface area (Å²) in [6, 6.07) is 11.4. The lowest BCUT2D eigenvalue weighted by molar-refractivity contribution is -0.137. The fourth-order valence-corrected chi connectivity index (χ4v) is 2.15. The highest BCUT2D eigenvalue weighted by molar-refractivity contribution is 5.95. The number of aliphatic hydroxyl groups is 1. The first kappa shape index (κ1) is 17.8. The Balaban J connectivity index is 2.13. The number of rotatable bonds is 6. The normalized spacial score (nSPS) is 11.2. The molecule has 0 fully saturated rings. The van der Waals surface area contributed by atoms with Crippen molar-refractivity contribution in [2.75, 3.05) is 13.2 Å². The van der Waals surface area contributed by atoms with Gasteiger partial charge in [0.15, 0.2) is 0 Å². The highest BCUT2D eigenvalue weighted by Crippen LogP contribution is 2.31. The monoisotopic (exact) mass is 339 g/mol. The fourth-order valence-electron chi connectivity index (χ4n) is 2.15. The maximum absolute atomic E-state index is 13.0. The van der Waals surface area contributed by atoms with Crippen LogP contribution in [0.3, 0.4) is 0 Å². The third kappa shape index (κ3) is 4.48. The molecule has 7 heteroatoms. The molecule has 0 atom stereocenters. The number of carbonyl (C=O) groups excluding carboxylic acids is 1. The molecule has 0 aromatic heterocycles. The Morgan fingerprint density at radius 2 is 1.75 bits per heavy atom. The minimum absolute atomic E-state index is 0.00657. The molecule has 0 aliphatic rings. The topological polar surface area (TPSA) is 58.6 Å². The summed E-state index contributed by atoms with van der Waals surface area (Å²) in [6.07, 6.45) is -4.60. The number of alkyl halides is 3. The van der Waals surface area contributed by atoms with Gasteiger partial charge in [0.2, 0.25) is 0 Å². The van der Waals surface area contributed by atoms with E-state index in [1.165, 1.54) is 12.1 Å². The molecule has 2 aromatic carbocycles. The van der Waals surface area contributed by atoms with E-state index in [1.807, 2.05) is 0 Å². The number of para-hydroxylation sites is 1. The Bertz CT molecular complexity index is 701. The van der Waals surface area contributed by atoms with Gasteiger partial charge in [-0.25, -0.2) is 0 Å². The molecule has 0 radical (unpaired) electrons. The number of ether oxygens (including phenoxy) is 1. The summed E-state index contributed by atoms with van der Waals surface area (Å²) in [5, 5.41) is 11.3. The van der Waals surface area contributed by atoms with Gasteiger partial charge < -0.3 is 15.2 Å². The zero-order valence-corrected chi connectivity index (χ0v) is 12.6. The largest absolute Gasteiger partial charge is 0.491 e. The highest BCUT2D eigenvalue weighted by Gasteiger charge is 2.34. The molecule has 0 saturated heterocycles. The molecule has 0 aliphatic carbocycles. The SMILES string of the molecule is O=C(NCc1ccccc1OCCO)c1ccccc1C(F)(F)F. The molecule has 24 heavy (non-hydrogen) atoms. The van der Waals surface area contributed by atoms with E-state index in [1.54, 1.807) is 24.3 Å². The third-order valence-corrected chi connectivity index (χ3v) is 3.24. The second-order valence-electron chi connectivity index (χ2n) is 4.91. The molecule has 0 heterocycles. The number of amides is 1. The number of halogens is 3. The number of benzene rings is 2. The lowest BCUT2D eigenvalue weighted by Gasteiger charge is -2.14. The van der Waals surface area contributed by atoms with E-state index < -0.39 is 23.2 Å². The molecule has 0 spiro atoms. The van der Waals surface area contributed by atoms with Gasteiger partial charge in [-0.3, -0.25) is 4.79 Å². The number of hydrogen-bond acceptors (Lipinski definition) is 3. The van der Waals surface area contributed by atoms with Gasteiger partial charge >= 0.3 is 6.18 Å². The van der Waals surface area contributed by atoms with Gasteiger partial charge in [-0.05, 0) is 18.2 Å². The quantitative estimate of drug-likeness (QED) is 0.851. The molecule has 1 amide bonds. The molecule has 128 valence electrons. The Morgan fingerprint density at radius 3 is 2.46 bits per heavy atom. The van der Waals surface area contributed by atoms with Gasteiger partial charge in [0.1, 0.15) is 12.4 Å². The summed E-state index contributed by atoms with van der Waals surface area (Å²) in [5.41, 5.74) is -0.810. The Hall–Kier alpha value is -2.54. The van der Waals surface area contributed by atoms with Crippen LogP contribution >= 0.6 is 0 Å². The van der Waals surface area contributed by atoms with E-state index in [2.05, 4.69) is 5.32 Å². The van der Waals surface area contributed by atoms with Crippen LogP contribution in [0.4, 0.5) is 13.2 Å². The van der Waals surface area contributed by atoms with Crippen LogP contribution in [0.5, 0.6) is 5.75 Å². The summed E-state index contributed by atoms with van der Waals surface area (Å²) in [6.45, 7) is -0.0753. The van der Waals surface area contributed by atoms with Crippen molar-refractivity contribution in [1.29, 1.82) is 0 Å². The van der Waals surface area contributed by atoms with Crippen molar-refractivity contribution < 1.29 is 27.8 Å². The molecule has 0 bridgehead atoms. The summed E-state index contributed by atoms with van der Waals surface area (Å²) in [5.74, 6) is -0.365. The fraction of sp³-hybridized carbons (Fsp3) is 0.235.